The second-order valence-corrected chi connectivity index (χ2v) is 7.09. The van der Waals surface area contributed by atoms with Crippen LogP contribution in [0, 0.1) is 5.82 Å². The Morgan fingerprint density at radius 2 is 1.69 bits per heavy atom. The van der Waals surface area contributed by atoms with Gasteiger partial charge in [0.25, 0.3) is 0 Å². The van der Waals surface area contributed by atoms with Crippen molar-refractivity contribution >= 4 is 27.9 Å². The Morgan fingerprint density at radius 3 is 2.52 bits per heavy atom. The Morgan fingerprint density at radius 1 is 0.931 bits per heavy atom. The molecule has 5 rings (SSSR count). The van der Waals surface area contributed by atoms with E-state index < -0.39 is 0 Å². The summed E-state index contributed by atoms with van der Waals surface area (Å²) in [5.74, 6) is 0.615. The minimum absolute atomic E-state index is 0.154. The van der Waals surface area contributed by atoms with Crippen LogP contribution in [0.5, 0.6) is 0 Å². The molecule has 2 aromatic heterocycles. The lowest BCUT2D eigenvalue weighted by atomic mass is 10.2. The number of piperazine rings is 1. The van der Waals surface area contributed by atoms with E-state index >= 15 is 0 Å². The highest BCUT2D eigenvalue weighted by Crippen LogP contribution is 2.23. The molecular formula is C20H21FN8. The summed E-state index contributed by atoms with van der Waals surface area (Å²) in [5.41, 5.74) is 1.34. The van der Waals surface area contributed by atoms with Crippen molar-refractivity contribution in [2.75, 3.05) is 49.5 Å². The van der Waals surface area contributed by atoms with E-state index in [0.717, 1.165) is 55.9 Å². The van der Waals surface area contributed by atoms with Crippen molar-refractivity contribution < 1.29 is 4.39 Å². The Balaban J connectivity index is 1.22. The second-order valence-electron chi connectivity index (χ2n) is 7.09. The van der Waals surface area contributed by atoms with Crippen molar-refractivity contribution in [3.8, 4) is 0 Å². The standard InChI is InChI=1S/C20H21FN8/c21-17-7-3-4-8-18(17)28-13-11-27(12-14-28)10-9-22-19-15-5-1-2-6-16(15)20-23-25-26-29(20)24-19/h1-8H,9-14H2,(H,22,24). The molecule has 0 atom stereocenters. The van der Waals surface area contributed by atoms with Crippen LogP contribution in [-0.4, -0.2) is 69.4 Å². The molecule has 4 aromatic rings. The number of nitrogens with one attached hydrogen (secondary N) is 1. The summed E-state index contributed by atoms with van der Waals surface area (Å²) in [5, 5.41) is 21.6. The van der Waals surface area contributed by atoms with Crippen molar-refractivity contribution in [3.63, 3.8) is 0 Å². The van der Waals surface area contributed by atoms with Crippen molar-refractivity contribution in [1.82, 2.24) is 30.2 Å². The number of fused-ring (bicyclic) bond motifs is 3. The lowest BCUT2D eigenvalue weighted by Crippen LogP contribution is -2.47. The molecule has 2 aromatic carbocycles. The summed E-state index contributed by atoms with van der Waals surface area (Å²) < 4.78 is 15.4. The van der Waals surface area contributed by atoms with E-state index in [-0.39, 0.29) is 5.82 Å². The van der Waals surface area contributed by atoms with Crippen molar-refractivity contribution in [3.05, 3.63) is 54.3 Å². The van der Waals surface area contributed by atoms with E-state index in [1.807, 2.05) is 36.4 Å². The molecule has 1 fully saturated rings. The van der Waals surface area contributed by atoms with Crippen LogP contribution in [0.25, 0.3) is 16.4 Å². The fourth-order valence-corrected chi connectivity index (χ4v) is 3.83. The molecule has 29 heavy (non-hydrogen) atoms. The average molecular weight is 392 g/mol. The molecule has 1 saturated heterocycles. The first-order valence-corrected chi connectivity index (χ1v) is 9.72. The van der Waals surface area contributed by atoms with Crippen LogP contribution in [0.15, 0.2) is 48.5 Å². The average Bonchev–Trinajstić information content (AvgIpc) is 3.24. The maximum atomic E-state index is 14.0. The fourth-order valence-electron chi connectivity index (χ4n) is 3.83. The van der Waals surface area contributed by atoms with Gasteiger partial charge in [0.05, 0.1) is 5.69 Å². The van der Waals surface area contributed by atoms with Crippen LogP contribution in [0.2, 0.25) is 0 Å². The third-order valence-electron chi connectivity index (χ3n) is 5.36. The van der Waals surface area contributed by atoms with Gasteiger partial charge in [-0.05, 0) is 22.6 Å². The Bertz CT molecular complexity index is 1140. The second kappa shape index (κ2) is 7.59. The molecule has 0 amide bonds. The van der Waals surface area contributed by atoms with Gasteiger partial charge in [-0.3, -0.25) is 4.90 Å². The normalized spacial score (nSPS) is 15.3. The number of para-hydroxylation sites is 1. The summed E-state index contributed by atoms with van der Waals surface area (Å²) in [6.45, 7) is 5.07. The predicted molar refractivity (Wildman–Crippen MR) is 110 cm³/mol. The van der Waals surface area contributed by atoms with Crippen LogP contribution in [0.3, 0.4) is 0 Å². The summed E-state index contributed by atoms with van der Waals surface area (Å²) in [6, 6.07) is 14.9. The number of aromatic nitrogens is 5. The SMILES string of the molecule is Fc1ccccc1N1CCN(CCNc2nn3nnnc3c3ccccc23)CC1. The first-order chi connectivity index (χ1) is 14.3. The zero-order chi connectivity index (χ0) is 19.6. The maximum Gasteiger partial charge on any atom is 0.207 e. The number of tetrazole rings is 1. The Kier molecular flexibility index (Phi) is 4.65. The van der Waals surface area contributed by atoms with Gasteiger partial charge in [-0.2, -0.15) is 0 Å². The largest absolute Gasteiger partial charge is 0.367 e. The van der Waals surface area contributed by atoms with E-state index in [4.69, 9.17) is 0 Å². The minimum Gasteiger partial charge on any atom is -0.367 e. The van der Waals surface area contributed by atoms with E-state index in [1.54, 1.807) is 6.07 Å². The molecule has 1 N–H and O–H groups in total. The van der Waals surface area contributed by atoms with Gasteiger partial charge in [0.1, 0.15) is 5.82 Å². The lowest BCUT2D eigenvalue weighted by molar-refractivity contribution is 0.266. The molecule has 0 radical (unpaired) electrons. The van der Waals surface area contributed by atoms with E-state index in [9.17, 15) is 4.39 Å². The number of hydrogen-bond donors (Lipinski definition) is 1. The van der Waals surface area contributed by atoms with E-state index in [0.29, 0.717) is 11.3 Å². The molecule has 1 aliphatic rings. The topological polar surface area (TPSA) is 74.5 Å². The van der Waals surface area contributed by atoms with Gasteiger partial charge in [-0.1, -0.05) is 36.4 Å². The quantitative estimate of drug-likeness (QED) is 0.557. The molecule has 0 spiro atoms. The van der Waals surface area contributed by atoms with Crippen LogP contribution >= 0.6 is 0 Å². The van der Waals surface area contributed by atoms with Gasteiger partial charge >= 0.3 is 0 Å². The van der Waals surface area contributed by atoms with Crippen molar-refractivity contribution in [1.29, 1.82) is 0 Å². The van der Waals surface area contributed by atoms with Gasteiger partial charge < -0.3 is 10.2 Å². The predicted octanol–water partition coefficient (Wildman–Crippen LogP) is 2.05. The Hall–Kier alpha value is -3.33. The Labute approximate surface area is 166 Å². The fraction of sp³-hybridized carbons (Fsp3) is 0.300. The summed E-state index contributed by atoms with van der Waals surface area (Å²) in [6.07, 6.45) is 0. The zero-order valence-corrected chi connectivity index (χ0v) is 15.9. The molecule has 0 saturated carbocycles. The molecule has 0 bridgehead atoms. The summed E-state index contributed by atoms with van der Waals surface area (Å²) in [7, 11) is 0. The van der Waals surface area contributed by atoms with Gasteiger partial charge in [0, 0.05) is 50.0 Å². The third kappa shape index (κ3) is 3.44. The lowest BCUT2D eigenvalue weighted by Gasteiger charge is -2.36. The summed E-state index contributed by atoms with van der Waals surface area (Å²) in [4.78, 5) is 4.49. The first kappa shape index (κ1) is 17.7. The van der Waals surface area contributed by atoms with Gasteiger partial charge in [-0.25, -0.2) is 4.39 Å². The number of halogens is 1. The number of benzene rings is 2. The smallest absolute Gasteiger partial charge is 0.207 e. The molecule has 1 aliphatic heterocycles. The third-order valence-corrected chi connectivity index (χ3v) is 5.36. The molecule has 148 valence electrons. The highest BCUT2D eigenvalue weighted by atomic mass is 19.1. The monoisotopic (exact) mass is 392 g/mol. The van der Waals surface area contributed by atoms with Crippen LogP contribution in [-0.2, 0) is 0 Å². The molecule has 9 heteroatoms. The van der Waals surface area contributed by atoms with Gasteiger partial charge in [-0.15, -0.1) is 14.8 Å². The van der Waals surface area contributed by atoms with Gasteiger partial charge in [0.15, 0.2) is 5.82 Å². The summed E-state index contributed by atoms with van der Waals surface area (Å²) >= 11 is 0. The van der Waals surface area contributed by atoms with E-state index in [1.165, 1.54) is 10.7 Å². The molecule has 8 nitrogen and oxygen atoms in total. The molecular weight excluding hydrogens is 371 g/mol. The van der Waals surface area contributed by atoms with E-state index in [2.05, 4.69) is 35.7 Å². The highest BCUT2D eigenvalue weighted by Gasteiger charge is 2.19. The van der Waals surface area contributed by atoms with Crippen LogP contribution in [0.1, 0.15) is 0 Å². The van der Waals surface area contributed by atoms with Crippen LogP contribution in [0.4, 0.5) is 15.9 Å². The molecule has 0 unspecified atom stereocenters. The zero-order valence-electron chi connectivity index (χ0n) is 15.9. The van der Waals surface area contributed by atoms with Crippen molar-refractivity contribution in [2.45, 2.75) is 0 Å². The number of hydrogen-bond acceptors (Lipinski definition) is 7. The number of rotatable bonds is 5. The maximum absolute atomic E-state index is 14.0. The minimum atomic E-state index is -0.154. The van der Waals surface area contributed by atoms with Crippen LogP contribution < -0.4 is 10.2 Å². The van der Waals surface area contributed by atoms with Crippen molar-refractivity contribution in [2.24, 2.45) is 0 Å². The number of nitrogens with zero attached hydrogens (tertiary/aromatic N) is 7. The first-order valence-electron chi connectivity index (χ1n) is 9.72. The molecule has 3 heterocycles. The molecule has 0 aliphatic carbocycles. The number of anilines is 2. The highest BCUT2D eigenvalue weighted by molar-refractivity contribution is 5.99. The van der Waals surface area contributed by atoms with Gasteiger partial charge in [0.2, 0.25) is 5.65 Å².